The normalized spacial score (nSPS) is 12.5. The Balaban J connectivity index is 1.93. The number of hydrogen-bond donors (Lipinski definition) is 1. The zero-order chi connectivity index (χ0) is 14.8. The number of nitrogens with two attached hydrogens (primary N) is 1. The van der Waals surface area contributed by atoms with E-state index in [-0.39, 0.29) is 6.04 Å². The zero-order valence-corrected chi connectivity index (χ0v) is 13.1. The van der Waals surface area contributed by atoms with Crippen molar-refractivity contribution in [3.63, 3.8) is 0 Å². The van der Waals surface area contributed by atoms with Gasteiger partial charge < -0.3 is 10.5 Å². The lowest BCUT2D eigenvalue weighted by Gasteiger charge is -2.15. The summed E-state index contributed by atoms with van der Waals surface area (Å²) >= 11 is 1.75. The molecule has 0 aliphatic heterocycles. The van der Waals surface area contributed by atoms with E-state index in [9.17, 15) is 0 Å². The molecule has 0 bridgehead atoms. The van der Waals surface area contributed by atoms with Crippen LogP contribution in [0.5, 0.6) is 5.75 Å². The summed E-state index contributed by atoms with van der Waals surface area (Å²) in [6.45, 7) is 2.09. The quantitative estimate of drug-likeness (QED) is 0.771. The SMILES string of the molecule is COc1ccc(C)cc1CC(N)c1csc2ccccc12. The third kappa shape index (κ3) is 2.80. The molecule has 0 radical (unpaired) electrons. The first-order chi connectivity index (χ1) is 10.2. The van der Waals surface area contributed by atoms with E-state index in [0.717, 1.165) is 12.2 Å². The van der Waals surface area contributed by atoms with Crippen LogP contribution in [0.1, 0.15) is 22.7 Å². The number of hydrogen-bond acceptors (Lipinski definition) is 3. The molecule has 0 amide bonds. The Labute approximate surface area is 129 Å². The summed E-state index contributed by atoms with van der Waals surface area (Å²) in [5, 5.41) is 3.44. The molecule has 0 aliphatic carbocycles. The second-order valence-electron chi connectivity index (χ2n) is 5.31. The average molecular weight is 297 g/mol. The van der Waals surface area contributed by atoms with Crippen molar-refractivity contribution in [2.45, 2.75) is 19.4 Å². The van der Waals surface area contributed by atoms with Crippen molar-refractivity contribution in [3.05, 3.63) is 64.5 Å². The molecule has 2 N–H and O–H groups in total. The Kier molecular flexibility index (Phi) is 3.95. The lowest BCUT2D eigenvalue weighted by molar-refractivity contribution is 0.408. The molecule has 1 atom stereocenters. The second kappa shape index (κ2) is 5.88. The molecule has 3 aromatic rings. The van der Waals surface area contributed by atoms with Crippen molar-refractivity contribution in [2.75, 3.05) is 7.11 Å². The molecular weight excluding hydrogens is 278 g/mol. The minimum absolute atomic E-state index is 0.0168. The molecule has 2 nitrogen and oxygen atoms in total. The van der Waals surface area contributed by atoms with E-state index in [1.807, 2.05) is 6.07 Å². The number of methoxy groups -OCH3 is 1. The van der Waals surface area contributed by atoms with Crippen molar-refractivity contribution >= 4 is 21.4 Å². The lowest BCUT2D eigenvalue weighted by Crippen LogP contribution is -2.13. The summed E-state index contributed by atoms with van der Waals surface area (Å²) in [6, 6.07) is 14.6. The molecule has 1 heterocycles. The van der Waals surface area contributed by atoms with E-state index < -0.39 is 0 Å². The van der Waals surface area contributed by atoms with Crippen LogP contribution >= 0.6 is 11.3 Å². The van der Waals surface area contributed by atoms with Crippen LogP contribution < -0.4 is 10.5 Å². The second-order valence-corrected chi connectivity index (χ2v) is 6.22. The molecule has 2 aromatic carbocycles. The molecule has 0 spiro atoms. The van der Waals surface area contributed by atoms with Gasteiger partial charge in [-0.05, 0) is 47.4 Å². The standard InChI is InChI=1S/C18H19NOS/c1-12-7-8-17(20-2)13(9-12)10-16(19)15-11-21-18-6-4-3-5-14(15)18/h3-9,11,16H,10,19H2,1-2H3. The van der Waals surface area contributed by atoms with Gasteiger partial charge in [-0.2, -0.15) is 0 Å². The Hall–Kier alpha value is -1.84. The molecule has 1 unspecified atom stereocenters. The van der Waals surface area contributed by atoms with Gasteiger partial charge in [0.2, 0.25) is 0 Å². The fraction of sp³-hybridized carbons (Fsp3) is 0.222. The maximum absolute atomic E-state index is 6.46. The summed E-state index contributed by atoms with van der Waals surface area (Å²) in [5.74, 6) is 0.913. The first kappa shape index (κ1) is 14.1. The molecule has 1 aromatic heterocycles. The largest absolute Gasteiger partial charge is 0.496 e. The zero-order valence-electron chi connectivity index (χ0n) is 12.3. The lowest BCUT2D eigenvalue weighted by atomic mass is 9.97. The van der Waals surface area contributed by atoms with Crippen molar-refractivity contribution in [1.29, 1.82) is 0 Å². The number of rotatable bonds is 4. The average Bonchev–Trinajstić information content (AvgIpc) is 2.91. The fourth-order valence-corrected chi connectivity index (χ4v) is 3.72. The Morgan fingerprint density at radius 2 is 2.00 bits per heavy atom. The molecule has 3 rings (SSSR count). The van der Waals surface area contributed by atoms with Gasteiger partial charge in [0.05, 0.1) is 7.11 Å². The number of ether oxygens (including phenoxy) is 1. The first-order valence-corrected chi connectivity index (χ1v) is 7.92. The van der Waals surface area contributed by atoms with E-state index in [1.165, 1.54) is 26.8 Å². The molecule has 21 heavy (non-hydrogen) atoms. The van der Waals surface area contributed by atoms with Gasteiger partial charge in [0.25, 0.3) is 0 Å². The molecule has 0 saturated heterocycles. The van der Waals surface area contributed by atoms with Crippen LogP contribution in [0.4, 0.5) is 0 Å². The summed E-state index contributed by atoms with van der Waals surface area (Å²) in [6.07, 6.45) is 0.783. The minimum Gasteiger partial charge on any atom is -0.496 e. The van der Waals surface area contributed by atoms with Crippen molar-refractivity contribution in [1.82, 2.24) is 0 Å². The highest BCUT2D eigenvalue weighted by molar-refractivity contribution is 7.17. The van der Waals surface area contributed by atoms with Crippen molar-refractivity contribution in [3.8, 4) is 5.75 Å². The smallest absolute Gasteiger partial charge is 0.122 e. The number of aryl methyl sites for hydroxylation is 1. The van der Waals surface area contributed by atoms with Gasteiger partial charge >= 0.3 is 0 Å². The van der Waals surface area contributed by atoms with Crippen LogP contribution in [0.2, 0.25) is 0 Å². The Morgan fingerprint density at radius 1 is 1.19 bits per heavy atom. The third-order valence-electron chi connectivity index (χ3n) is 3.79. The van der Waals surface area contributed by atoms with E-state index in [4.69, 9.17) is 10.5 Å². The molecule has 0 saturated carbocycles. The van der Waals surface area contributed by atoms with E-state index >= 15 is 0 Å². The molecule has 3 heteroatoms. The van der Waals surface area contributed by atoms with E-state index in [1.54, 1.807) is 18.4 Å². The number of fused-ring (bicyclic) bond motifs is 1. The van der Waals surface area contributed by atoms with Gasteiger partial charge in [-0.3, -0.25) is 0 Å². The first-order valence-electron chi connectivity index (χ1n) is 7.04. The predicted octanol–water partition coefficient (Wildman–Crippen LogP) is 4.46. The van der Waals surface area contributed by atoms with Gasteiger partial charge in [0.15, 0.2) is 0 Å². The molecular formula is C18H19NOS. The highest BCUT2D eigenvalue weighted by Crippen LogP contribution is 2.32. The van der Waals surface area contributed by atoms with Crippen molar-refractivity contribution < 1.29 is 4.74 Å². The van der Waals surface area contributed by atoms with Crippen LogP contribution in [0.3, 0.4) is 0 Å². The summed E-state index contributed by atoms with van der Waals surface area (Å²) in [4.78, 5) is 0. The van der Waals surface area contributed by atoms with Crippen LogP contribution in [0.15, 0.2) is 47.8 Å². The third-order valence-corrected chi connectivity index (χ3v) is 4.77. The summed E-state index contributed by atoms with van der Waals surface area (Å²) in [7, 11) is 1.71. The highest BCUT2D eigenvalue weighted by atomic mass is 32.1. The van der Waals surface area contributed by atoms with Gasteiger partial charge in [0.1, 0.15) is 5.75 Å². The van der Waals surface area contributed by atoms with Crippen molar-refractivity contribution in [2.24, 2.45) is 5.73 Å². The fourth-order valence-electron chi connectivity index (χ4n) is 2.70. The topological polar surface area (TPSA) is 35.2 Å². The summed E-state index contributed by atoms with van der Waals surface area (Å²) < 4.78 is 6.74. The monoisotopic (exact) mass is 297 g/mol. The van der Waals surface area contributed by atoms with E-state index in [0.29, 0.717) is 0 Å². The van der Waals surface area contributed by atoms with Crippen LogP contribution in [0, 0.1) is 6.92 Å². The number of benzene rings is 2. The minimum atomic E-state index is -0.0168. The Morgan fingerprint density at radius 3 is 2.81 bits per heavy atom. The van der Waals surface area contributed by atoms with Crippen LogP contribution in [0.25, 0.3) is 10.1 Å². The number of thiophene rings is 1. The van der Waals surface area contributed by atoms with Gasteiger partial charge in [-0.25, -0.2) is 0 Å². The van der Waals surface area contributed by atoms with Gasteiger partial charge in [-0.1, -0.05) is 35.9 Å². The summed E-state index contributed by atoms with van der Waals surface area (Å²) in [5.41, 5.74) is 10.1. The van der Waals surface area contributed by atoms with Crippen LogP contribution in [-0.2, 0) is 6.42 Å². The maximum atomic E-state index is 6.46. The molecule has 0 fully saturated rings. The highest BCUT2D eigenvalue weighted by Gasteiger charge is 2.14. The predicted molar refractivity (Wildman–Crippen MR) is 90.2 cm³/mol. The molecule has 108 valence electrons. The Bertz CT molecular complexity index is 763. The van der Waals surface area contributed by atoms with Crippen LogP contribution in [-0.4, -0.2) is 7.11 Å². The van der Waals surface area contributed by atoms with E-state index in [2.05, 4.69) is 48.7 Å². The molecule has 0 aliphatic rings. The van der Waals surface area contributed by atoms with Gasteiger partial charge in [-0.15, -0.1) is 11.3 Å². The van der Waals surface area contributed by atoms with Gasteiger partial charge in [0, 0.05) is 10.7 Å². The maximum Gasteiger partial charge on any atom is 0.122 e.